The zero-order valence-electron chi connectivity index (χ0n) is 11.9. The van der Waals surface area contributed by atoms with Crippen molar-refractivity contribution in [1.82, 2.24) is 15.3 Å². The number of amides is 1. The molecule has 1 heterocycles. The monoisotopic (exact) mass is 279 g/mol. The van der Waals surface area contributed by atoms with Gasteiger partial charge in [0, 0.05) is 13.3 Å². The van der Waals surface area contributed by atoms with Crippen LogP contribution >= 0.6 is 0 Å². The molecule has 0 saturated heterocycles. The molecule has 1 aliphatic carbocycles. The summed E-state index contributed by atoms with van der Waals surface area (Å²) in [7, 11) is 1.59. The molecule has 1 aliphatic rings. The fourth-order valence-corrected chi connectivity index (χ4v) is 2.48. The first kappa shape index (κ1) is 14.9. The molecule has 3 atom stereocenters. The van der Waals surface area contributed by atoms with E-state index in [0.717, 1.165) is 31.4 Å². The fourth-order valence-electron chi connectivity index (χ4n) is 2.48. The van der Waals surface area contributed by atoms with E-state index in [1.54, 1.807) is 13.3 Å². The van der Waals surface area contributed by atoms with Crippen LogP contribution in [0.3, 0.4) is 0 Å². The molecule has 6 heteroatoms. The molecule has 0 bridgehead atoms. The summed E-state index contributed by atoms with van der Waals surface area (Å²) in [6.45, 7) is 1.81. The predicted octanol–water partition coefficient (Wildman–Crippen LogP) is 0.833. The minimum atomic E-state index is -0.690. The smallest absolute Gasteiger partial charge is 0.271 e. The van der Waals surface area contributed by atoms with Crippen LogP contribution in [0.2, 0.25) is 0 Å². The maximum atomic E-state index is 12.1. The van der Waals surface area contributed by atoms with Crippen molar-refractivity contribution in [2.24, 2.45) is 0 Å². The molecule has 1 saturated carbocycles. The maximum Gasteiger partial charge on any atom is 0.271 e. The van der Waals surface area contributed by atoms with E-state index < -0.39 is 6.10 Å². The fraction of sp³-hybridized carbons (Fsp3) is 0.643. The van der Waals surface area contributed by atoms with Crippen LogP contribution in [0.1, 0.15) is 41.9 Å². The highest BCUT2D eigenvalue weighted by Gasteiger charge is 2.31. The summed E-state index contributed by atoms with van der Waals surface area (Å²) in [5.74, 6) is -0.307. The van der Waals surface area contributed by atoms with Crippen molar-refractivity contribution in [3.8, 4) is 0 Å². The number of hydrogen-bond donors (Lipinski definition) is 2. The van der Waals surface area contributed by atoms with Gasteiger partial charge in [0.25, 0.3) is 5.91 Å². The Kier molecular flexibility index (Phi) is 5.03. The van der Waals surface area contributed by atoms with Gasteiger partial charge in [-0.3, -0.25) is 9.78 Å². The summed E-state index contributed by atoms with van der Waals surface area (Å²) < 4.78 is 5.29. The molecule has 0 unspecified atom stereocenters. The summed E-state index contributed by atoms with van der Waals surface area (Å²) in [4.78, 5) is 20.2. The topological polar surface area (TPSA) is 84.3 Å². The third kappa shape index (κ3) is 3.52. The summed E-state index contributed by atoms with van der Waals surface area (Å²) in [6, 6.07) is -0.307. The lowest BCUT2D eigenvalue weighted by molar-refractivity contribution is -0.0277. The molecule has 110 valence electrons. The normalized spacial score (nSPS) is 26.9. The molecule has 0 aromatic carbocycles. The van der Waals surface area contributed by atoms with Crippen LogP contribution in [-0.2, 0) is 4.74 Å². The van der Waals surface area contributed by atoms with Gasteiger partial charge in [-0.1, -0.05) is 12.8 Å². The number of hydrogen-bond acceptors (Lipinski definition) is 5. The highest BCUT2D eigenvalue weighted by atomic mass is 16.5. The number of ether oxygens (including phenoxy) is 1. The standard InChI is InChI=1S/C14H21N3O3/c1-9-7-16-11(8-15-9)14(19)17-10-5-3-4-6-12(20-2)13(10)18/h7-8,10,12-13,18H,3-6H2,1-2H3,(H,17,19)/t10-,12-,13-/m1/s1. The number of rotatable bonds is 3. The van der Waals surface area contributed by atoms with Gasteiger partial charge in [-0.25, -0.2) is 4.98 Å². The Morgan fingerprint density at radius 1 is 1.35 bits per heavy atom. The molecule has 1 aromatic heterocycles. The van der Waals surface area contributed by atoms with Crippen LogP contribution in [0.5, 0.6) is 0 Å². The van der Waals surface area contributed by atoms with E-state index in [9.17, 15) is 9.90 Å². The number of nitrogens with zero attached hydrogens (tertiary/aromatic N) is 2. The van der Waals surface area contributed by atoms with Crippen LogP contribution < -0.4 is 5.32 Å². The Hall–Kier alpha value is -1.53. The second-order valence-corrected chi connectivity index (χ2v) is 5.17. The van der Waals surface area contributed by atoms with Gasteiger partial charge >= 0.3 is 0 Å². The summed E-state index contributed by atoms with van der Waals surface area (Å²) in [5, 5.41) is 13.1. The van der Waals surface area contributed by atoms with Crippen molar-refractivity contribution in [1.29, 1.82) is 0 Å². The molecule has 2 N–H and O–H groups in total. The van der Waals surface area contributed by atoms with Crippen molar-refractivity contribution < 1.29 is 14.6 Å². The molecule has 0 spiro atoms. The number of nitrogens with one attached hydrogen (secondary N) is 1. The molecule has 0 aliphatic heterocycles. The first-order valence-electron chi connectivity index (χ1n) is 6.92. The van der Waals surface area contributed by atoms with E-state index in [-0.39, 0.29) is 23.7 Å². The minimum Gasteiger partial charge on any atom is -0.388 e. The van der Waals surface area contributed by atoms with E-state index >= 15 is 0 Å². The van der Waals surface area contributed by atoms with E-state index in [1.165, 1.54) is 6.20 Å². The van der Waals surface area contributed by atoms with Gasteiger partial charge in [0.05, 0.1) is 24.0 Å². The Balaban J connectivity index is 2.03. The minimum absolute atomic E-state index is 0.230. The van der Waals surface area contributed by atoms with Gasteiger partial charge in [-0.2, -0.15) is 0 Å². The van der Waals surface area contributed by atoms with E-state index in [1.807, 2.05) is 6.92 Å². The largest absolute Gasteiger partial charge is 0.388 e. The van der Waals surface area contributed by atoms with Crippen molar-refractivity contribution in [3.05, 3.63) is 23.8 Å². The van der Waals surface area contributed by atoms with Gasteiger partial charge in [-0.05, 0) is 19.8 Å². The van der Waals surface area contributed by atoms with E-state index in [4.69, 9.17) is 4.74 Å². The summed E-state index contributed by atoms with van der Waals surface area (Å²) in [5.41, 5.74) is 1.02. The number of aliphatic hydroxyl groups excluding tert-OH is 1. The second kappa shape index (κ2) is 6.76. The molecular weight excluding hydrogens is 258 g/mol. The zero-order valence-corrected chi connectivity index (χ0v) is 11.9. The average molecular weight is 279 g/mol. The highest BCUT2D eigenvalue weighted by Crippen LogP contribution is 2.21. The Morgan fingerprint density at radius 2 is 2.10 bits per heavy atom. The number of aryl methyl sites for hydroxylation is 1. The van der Waals surface area contributed by atoms with Gasteiger partial charge in [-0.15, -0.1) is 0 Å². The molecule has 0 radical (unpaired) electrons. The molecule has 2 rings (SSSR count). The van der Waals surface area contributed by atoms with Crippen LogP contribution in [0.4, 0.5) is 0 Å². The van der Waals surface area contributed by atoms with E-state index in [0.29, 0.717) is 0 Å². The van der Waals surface area contributed by atoms with Crippen LogP contribution in [-0.4, -0.2) is 46.3 Å². The third-order valence-electron chi connectivity index (χ3n) is 3.68. The number of carbonyl (C=O) groups excluding carboxylic acids is 1. The lowest BCUT2D eigenvalue weighted by atomic mass is 10.0. The quantitative estimate of drug-likeness (QED) is 0.801. The number of aromatic nitrogens is 2. The van der Waals surface area contributed by atoms with Gasteiger partial charge in [0.15, 0.2) is 0 Å². The first-order chi connectivity index (χ1) is 9.61. The van der Waals surface area contributed by atoms with Gasteiger partial charge in [0.2, 0.25) is 0 Å². The molecule has 1 amide bonds. The molecular formula is C14H21N3O3. The third-order valence-corrected chi connectivity index (χ3v) is 3.68. The summed E-state index contributed by atoms with van der Waals surface area (Å²) >= 11 is 0. The summed E-state index contributed by atoms with van der Waals surface area (Å²) in [6.07, 6.45) is 5.59. The number of carbonyl (C=O) groups is 1. The maximum absolute atomic E-state index is 12.1. The first-order valence-corrected chi connectivity index (χ1v) is 6.92. The SMILES string of the molecule is CO[C@@H]1CCCC[C@@H](NC(=O)c2cnc(C)cn2)[C@H]1O. The van der Waals surface area contributed by atoms with Crippen molar-refractivity contribution in [2.45, 2.75) is 50.9 Å². The Morgan fingerprint density at radius 3 is 2.75 bits per heavy atom. The second-order valence-electron chi connectivity index (χ2n) is 5.17. The van der Waals surface area contributed by atoms with Gasteiger partial charge in [0.1, 0.15) is 11.8 Å². The molecule has 6 nitrogen and oxygen atoms in total. The number of methoxy groups -OCH3 is 1. The van der Waals surface area contributed by atoms with Crippen LogP contribution in [0.25, 0.3) is 0 Å². The average Bonchev–Trinajstić information content (AvgIpc) is 2.62. The molecule has 20 heavy (non-hydrogen) atoms. The lowest BCUT2D eigenvalue weighted by Gasteiger charge is -2.26. The molecule has 1 fully saturated rings. The predicted molar refractivity (Wildman–Crippen MR) is 73.3 cm³/mol. The van der Waals surface area contributed by atoms with Crippen molar-refractivity contribution in [2.75, 3.05) is 7.11 Å². The van der Waals surface area contributed by atoms with E-state index in [2.05, 4.69) is 15.3 Å². The van der Waals surface area contributed by atoms with Crippen LogP contribution in [0.15, 0.2) is 12.4 Å². The molecule has 1 aromatic rings. The van der Waals surface area contributed by atoms with Crippen LogP contribution in [0, 0.1) is 6.92 Å². The van der Waals surface area contributed by atoms with Crippen molar-refractivity contribution in [3.63, 3.8) is 0 Å². The highest BCUT2D eigenvalue weighted by molar-refractivity contribution is 5.92. The zero-order chi connectivity index (χ0) is 14.5. The Labute approximate surface area is 118 Å². The lowest BCUT2D eigenvalue weighted by Crippen LogP contribution is -2.48. The van der Waals surface area contributed by atoms with Crippen molar-refractivity contribution >= 4 is 5.91 Å². The number of aliphatic hydroxyl groups is 1. The Bertz CT molecular complexity index is 449. The van der Waals surface area contributed by atoms with Gasteiger partial charge < -0.3 is 15.2 Å².